The Labute approximate surface area is 124 Å². The lowest BCUT2D eigenvalue weighted by atomic mass is 10.1. The molecule has 1 aromatic heterocycles. The van der Waals surface area contributed by atoms with E-state index in [1.807, 2.05) is 0 Å². The molecular formula is C15H14F2N2O3. The van der Waals surface area contributed by atoms with E-state index in [9.17, 15) is 13.6 Å². The van der Waals surface area contributed by atoms with Gasteiger partial charge in [0.05, 0.1) is 12.3 Å². The summed E-state index contributed by atoms with van der Waals surface area (Å²) in [4.78, 5) is 11.0. The topological polar surface area (TPSA) is 64.2 Å². The van der Waals surface area contributed by atoms with Crippen molar-refractivity contribution < 1.29 is 18.3 Å². The number of H-pyrrole nitrogens is 1. The fraction of sp³-hybridized carbons (Fsp3) is 0.333. The van der Waals surface area contributed by atoms with Crippen molar-refractivity contribution in [1.29, 1.82) is 0 Å². The minimum Gasteiger partial charge on any atom is -0.489 e. The third-order valence-corrected chi connectivity index (χ3v) is 3.31. The molecule has 0 unspecified atom stereocenters. The van der Waals surface area contributed by atoms with Crippen LogP contribution in [0.25, 0.3) is 11.3 Å². The first-order valence-corrected chi connectivity index (χ1v) is 6.89. The van der Waals surface area contributed by atoms with Gasteiger partial charge in [-0.1, -0.05) is 0 Å². The Morgan fingerprint density at radius 1 is 1.23 bits per heavy atom. The van der Waals surface area contributed by atoms with Crippen LogP contribution in [0.3, 0.4) is 0 Å². The first kappa shape index (κ1) is 14.5. The maximum atomic E-state index is 12.6. The number of alkyl halides is 2. The van der Waals surface area contributed by atoms with E-state index < -0.39 is 6.61 Å². The van der Waals surface area contributed by atoms with Gasteiger partial charge in [0, 0.05) is 11.6 Å². The number of rotatable bonds is 6. The molecule has 0 bridgehead atoms. The first-order chi connectivity index (χ1) is 10.6. The Morgan fingerprint density at radius 3 is 2.68 bits per heavy atom. The Morgan fingerprint density at radius 2 is 2.05 bits per heavy atom. The predicted octanol–water partition coefficient (Wildman–Crippen LogP) is 2.83. The van der Waals surface area contributed by atoms with Crippen molar-refractivity contribution in [3.05, 3.63) is 40.7 Å². The van der Waals surface area contributed by atoms with Crippen LogP contribution in [-0.4, -0.2) is 23.4 Å². The van der Waals surface area contributed by atoms with Gasteiger partial charge in [-0.15, -0.1) is 0 Å². The van der Waals surface area contributed by atoms with Crippen LogP contribution in [0.5, 0.6) is 11.5 Å². The zero-order valence-electron chi connectivity index (χ0n) is 11.6. The molecule has 0 spiro atoms. The maximum Gasteiger partial charge on any atom is 0.387 e. The van der Waals surface area contributed by atoms with E-state index in [4.69, 9.17) is 4.74 Å². The van der Waals surface area contributed by atoms with Crippen LogP contribution >= 0.6 is 0 Å². The van der Waals surface area contributed by atoms with Gasteiger partial charge in [0.15, 0.2) is 11.5 Å². The second-order valence-corrected chi connectivity index (χ2v) is 5.10. The molecule has 1 heterocycles. The average Bonchev–Trinajstić information content (AvgIpc) is 3.30. The van der Waals surface area contributed by atoms with Crippen molar-refractivity contribution in [2.45, 2.75) is 19.5 Å². The number of aromatic amines is 1. The molecule has 0 aliphatic heterocycles. The Hall–Kier alpha value is -2.44. The smallest absolute Gasteiger partial charge is 0.387 e. The minimum absolute atomic E-state index is 0.0406. The van der Waals surface area contributed by atoms with Crippen molar-refractivity contribution in [3.8, 4) is 22.8 Å². The zero-order chi connectivity index (χ0) is 15.5. The molecule has 1 aliphatic rings. The largest absolute Gasteiger partial charge is 0.489 e. The number of aromatic nitrogens is 2. The summed E-state index contributed by atoms with van der Waals surface area (Å²) in [7, 11) is 0. The summed E-state index contributed by atoms with van der Waals surface area (Å²) in [5.74, 6) is 0.737. The van der Waals surface area contributed by atoms with Crippen molar-refractivity contribution in [1.82, 2.24) is 10.2 Å². The van der Waals surface area contributed by atoms with Crippen molar-refractivity contribution in [2.24, 2.45) is 5.92 Å². The van der Waals surface area contributed by atoms with E-state index >= 15 is 0 Å². The lowest BCUT2D eigenvalue weighted by Gasteiger charge is -2.13. The number of halogens is 2. The summed E-state index contributed by atoms with van der Waals surface area (Å²) in [6.07, 6.45) is 2.20. The summed E-state index contributed by atoms with van der Waals surface area (Å²) in [5.41, 5.74) is 0.662. The molecule has 1 aromatic carbocycles. The molecule has 22 heavy (non-hydrogen) atoms. The van der Waals surface area contributed by atoms with Gasteiger partial charge >= 0.3 is 6.61 Å². The highest BCUT2D eigenvalue weighted by atomic mass is 19.3. The molecular weight excluding hydrogens is 294 g/mol. The van der Waals surface area contributed by atoms with Crippen molar-refractivity contribution in [3.63, 3.8) is 0 Å². The quantitative estimate of drug-likeness (QED) is 0.891. The average molecular weight is 308 g/mol. The van der Waals surface area contributed by atoms with Gasteiger partial charge in [0.25, 0.3) is 5.56 Å². The van der Waals surface area contributed by atoms with Crippen LogP contribution in [-0.2, 0) is 0 Å². The van der Waals surface area contributed by atoms with Crippen LogP contribution < -0.4 is 15.0 Å². The van der Waals surface area contributed by atoms with Crippen molar-refractivity contribution in [2.75, 3.05) is 6.61 Å². The lowest BCUT2D eigenvalue weighted by molar-refractivity contribution is -0.0515. The highest BCUT2D eigenvalue weighted by Crippen LogP contribution is 2.35. The van der Waals surface area contributed by atoms with Gasteiger partial charge in [-0.3, -0.25) is 4.79 Å². The normalized spacial score (nSPS) is 14.1. The van der Waals surface area contributed by atoms with Crippen molar-refractivity contribution >= 4 is 0 Å². The monoisotopic (exact) mass is 308 g/mol. The van der Waals surface area contributed by atoms with Crippen LogP contribution in [0.2, 0.25) is 0 Å². The third kappa shape index (κ3) is 3.60. The molecule has 116 valence electrons. The first-order valence-electron chi connectivity index (χ1n) is 6.89. The molecule has 1 fully saturated rings. The molecule has 2 aromatic rings. The second kappa shape index (κ2) is 6.13. The van der Waals surface area contributed by atoms with E-state index in [2.05, 4.69) is 14.9 Å². The molecule has 0 saturated heterocycles. The zero-order valence-corrected chi connectivity index (χ0v) is 11.6. The van der Waals surface area contributed by atoms with Gasteiger partial charge in [-0.2, -0.15) is 13.9 Å². The Bertz CT molecular complexity index is 694. The number of ether oxygens (including phenoxy) is 2. The summed E-state index contributed by atoms with van der Waals surface area (Å²) in [6, 6.07) is 7.50. The van der Waals surface area contributed by atoms with Crippen LogP contribution in [0.1, 0.15) is 12.8 Å². The van der Waals surface area contributed by atoms with Gasteiger partial charge in [-0.05, 0) is 43.0 Å². The van der Waals surface area contributed by atoms with E-state index in [0.717, 1.165) is 12.8 Å². The summed E-state index contributed by atoms with van der Waals surface area (Å²) < 4.78 is 35.2. The highest BCUT2D eigenvalue weighted by molar-refractivity contribution is 5.63. The predicted molar refractivity (Wildman–Crippen MR) is 75.1 cm³/mol. The van der Waals surface area contributed by atoms with Gasteiger partial charge in [0.2, 0.25) is 0 Å². The SMILES string of the molecule is O=c1ccc(-c2ccc(OCC3CC3)c(OC(F)F)c2)n[nH]1. The number of hydrogen-bond acceptors (Lipinski definition) is 4. The molecule has 5 nitrogen and oxygen atoms in total. The van der Waals surface area contributed by atoms with Gasteiger partial charge in [0.1, 0.15) is 0 Å². The fourth-order valence-corrected chi connectivity index (χ4v) is 1.97. The molecule has 1 N–H and O–H groups in total. The van der Waals surface area contributed by atoms with Gasteiger partial charge < -0.3 is 9.47 Å². The third-order valence-electron chi connectivity index (χ3n) is 3.31. The van der Waals surface area contributed by atoms with E-state index in [-0.39, 0.29) is 17.1 Å². The number of nitrogens with one attached hydrogen (secondary N) is 1. The molecule has 1 aliphatic carbocycles. The number of benzene rings is 1. The molecule has 3 rings (SSSR count). The van der Waals surface area contributed by atoms with E-state index in [1.54, 1.807) is 12.1 Å². The summed E-state index contributed by atoms with van der Waals surface area (Å²) in [6.45, 7) is -2.45. The van der Waals surface area contributed by atoms with Crippen LogP contribution in [0.15, 0.2) is 35.1 Å². The highest BCUT2D eigenvalue weighted by Gasteiger charge is 2.23. The standard InChI is InChI=1S/C15H14F2N2O3/c16-15(17)22-13-7-10(11-4-6-14(20)19-18-11)3-5-12(13)21-8-9-1-2-9/h3-7,9,15H,1-2,8H2,(H,19,20). The minimum atomic E-state index is -2.94. The number of hydrogen-bond donors (Lipinski definition) is 1. The lowest BCUT2D eigenvalue weighted by Crippen LogP contribution is -2.07. The summed E-state index contributed by atoms with van der Waals surface area (Å²) in [5, 5.41) is 6.16. The second-order valence-electron chi connectivity index (χ2n) is 5.10. The van der Waals surface area contributed by atoms with E-state index in [0.29, 0.717) is 23.8 Å². The molecule has 7 heteroatoms. The molecule has 1 saturated carbocycles. The summed E-state index contributed by atoms with van der Waals surface area (Å²) >= 11 is 0. The van der Waals surface area contributed by atoms with Gasteiger partial charge in [-0.25, -0.2) is 5.10 Å². The Kier molecular flexibility index (Phi) is 4.04. The van der Waals surface area contributed by atoms with Crippen LogP contribution in [0, 0.1) is 5.92 Å². The fourth-order valence-electron chi connectivity index (χ4n) is 1.97. The molecule has 0 atom stereocenters. The van der Waals surface area contributed by atoms with Crippen LogP contribution in [0.4, 0.5) is 8.78 Å². The molecule has 0 amide bonds. The maximum absolute atomic E-state index is 12.6. The van der Waals surface area contributed by atoms with E-state index in [1.165, 1.54) is 18.2 Å². The molecule has 0 radical (unpaired) electrons. The Balaban J connectivity index is 1.87. The number of nitrogens with zero attached hydrogens (tertiary/aromatic N) is 1.